The van der Waals surface area contributed by atoms with Gasteiger partial charge in [-0.15, -0.1) is 0 Å². The first-order chi connectivity index (χ1) is 12.6. The summed E-state index contributed by atoms with van der Waals surface area (Å²) in [4.78, 5) is 13.1. The summed E-state index contributed by atoms with van der Waals surface area (Å²) in [5.41, 5.74) is 1.74. The van der Waals surface area contributed by atoms with Crippen molar-refractivity contribution in [3.63, 3.8) is 0 Å². The van der Waals surface area contributed by atoms with Crippen LogP contribution in [0.1, 0.15) is 11.1 Å². The molecule has 0 aromatic heterocycles. The molecule has 0 spiro atoms. The number of thiocarbonyl (C=S) groups is 1. The van der Waals surface area contributed by atoms with Crippen LogP contribution in [0.2, 0.25) is 0 Å². The van der Waals surface area contributed by atoms with E-state index in [0.29, 0.717) is 9.23 Å². The molecule has 1 heterocycles. The van der Waals surface area contributed by atoms with E-state index in [9.17, 15) is 4.79 Å². The number of hydrogen-bond acceptors (Lipinski definition) is 6. The van der Waals surface area contributed by atoms with Gasteiger partial charge in [-0.3, -0.25) is 4.79 Å². The zero-order chi connectivity index (χ0) is 18.5. The van der Waals surface area contributed by atoms with Crippen molar-refractivity contribution >= 4 is 46.5 Å². The third-order valence-electron chi connectivity index (χ3n) is 3.63. The van der Waals surface area contributed by atoms with Crippen LogP contribution in [0.15, 0.2) is 58.5 Å². The van der Waals surface area contributed by atoms with Crippen molar-refractivity contribution in [2.45, 2.75) is 0 Å². The molecule has 0 atom stereocenters. The van der Waals surface area contributed by atoms with Crippen molar-refractivity contribution in [1.29, 1.82) is 0 Å². The summed E-state index contributed by atoms with van der Waals surface area (Å²) in [6, 6.07) is 14.8. The minimum atomic E-state index is -0.236. The van der Waals surface area contributed by atoms with Crippen LogP contribution in [0.3, 0.4) is 0 Å². The average Bonchev–Trinajstić information content (AvgIpc) is 2.94. The van der Waals surface area contributed by atoms with Crippen LogP contribution >= 0.6 is 24.0 Å². The van der Waals surface area contributed by atoms with E-state index >= 15 is 0 Å². The Morgan fingerprint density at radius 2 is 1.50 bits per heavy atom. The van der Waals surface area contributed by atoms with E-state index in [1.54, 1.807) is 26.5 Å². The Bertz CT molecular complexity index is 875. The fourth-order valence-corrected chi connectivity index (χ4v) is 3.40. The molecule has 0 unspecified atom stereocenters. The van der Waals surface area contributed by atoms with Gasteiger partial charge in [0.05, 0.1) is 25.3 Å². The normalized spacial score (nSPS) is 15.9. The summed E-state index contributed by atoms with van der Waals surface area (Å²) >= 11 is 6.51. The number of nitrogens with zero attached hydrogens (tertiary/aromatic N) is 2. The molecule has 1 amide bonds. The number of carbonyl (C=O) groups excluding carboxylic acids is 1. The van der Waals surface area contributed by atoms with Gasteiger partial charge in [0.25, 0.3) is 5.91 Å². The van der Waals surface area contributed by atoms with Gasteiger partial charge < -0.3 is 9.47 Å². The van der Waals surface area contributed by atoms with Gasteiger partial charge in [0.2, 0.25) is 0 Å². The Kier molecular flexibility index (Phi) is 5.70. The van der Waals surface area contributed by atoms with Crippen LogP contribution in [0.25, 0.3) is 6.08 Å². The van der Waals surface area contributed by atoms with E-state index in [2.05, 4.69) is 5.10 Å². The zero-order valence-electron chi connectivity index (χ0n) is 14.2. The Hall–Kier alpha value is -2.64. The maximum absolute atomic E-state index is 12.6. The molecule has 1 fully saturated rings. The quantitative estimate of drug-likeness (QED) is 0.444. The van der Waals surface area contributed by atoms with Gasteiger partial charge in [-0.1, -0.05) is 23.9 Å². The van der Waals surface area contributed by atoms with Crippen molar-refractivity contribution in [3.8, 4) is 11.5 Å². The number of methoxy groups -OCH3 is 2. The third kappa shape index (κ3) is 4.12. The van der Waals surface area contributed by atoms with Crippen molar-refractivity contribution in [2.75, 3.05) is 14.2 Å². The highest BCUT2D eigenvalue weighted by molar-refractivity contribution is 8.26. The van der Waals surface area contributed by atoms with E-state index < -0.39 is 0 Å². The average molecular weight is 384 g/mol. The molecule has 1 aliphatic rings. The molecule has 0 saturated carbocycles. The molecule has 1 aliphatic heterocycles. The van der Waals surface area contributed by atoms with E-state index in [0.717, 1.165) is 22.6 Å². The molecule has 0 radical (unpaired) electrons. The van der Waals surface area contributed by atoms with E-state index in [4.69, 9.17) is 21.7 Å². The van der Waals surface area contributed by atoms with Crippen molar-refractivity contribution < 1.29 is 14.3 Å². The number of hydrogen-bond donors (Lipinski definition) is 0. The molecular weight excluding hydrogens is 368 g/mol. The van der Waals surface area contributed by atoms with Crippen LogP contribution in [0.4, 0.5) is 0 Å². The molecule has 2 aromatic rings. The first-order valence-electron chi connectivity index (χ1n) is 7.71. The van der Waals surface area contributed by atoms with Gasteiger partial charge >= 0.3 is 0 Å². The lowest BCUT2D eigenvalue weighted by molar-refractivity contribution is -0.122. The maximum atomic E-state index is 12.6. The van der Waals surface area contributed by atoms with Crippen molar-refractivity contribution in [2.24, 2.45) is 5.10 Å². The molecular formula is C19H16N2O3S2. The maximum Gasteiger partial charge on any atom is 0.286 e. The number of rotatable bonds is 5. The van der Waals surface area contributed by atoms with Crippen LogP contribution in [-0.4, -0.2) is 35.7 Å². The summed E-state index contributed by atoms with van der Waals surface area (Å²) in [6.45, 7) is 0. The standard InChI is InChI=1S/C19H16N2O3S2/c1-23-15-7-3-13(4-8-15)11-17-18(22)21(19(25)26-17)20-12-14-5-9-16(24-2)10-6-14/h3-12H,1-2H3/b17-11+,20-12?. The van der Waals surface area contributed by atoms with E-state index in [1.807, 2.05) is 48.5 Å². The number of hydrazone groups is 1. The predicted octanol–water partition coefficient (Wildman–Crippen LogP) is 3.94. The number of amides is 1. The Morgan fingerprint density at radius 1 is 0.962 bits per heavy atom. The van der Waals surface area contributed by atoms with Crippen LogP contribution in [0.5, 0.6) is 11.5 Å². The minimum Gasteiger partial charge on any atom is -0.497 e. The molecule has 7 heteroatoms. The summed E-state index contributed by atoms with van der Waals surface area (Å²) in [5, 5.41) is 5.46. The van der Waals surface area contributed by atoms with E-state index in [-0.39, 0.29) is 5.91 Å². The first kappa shape index (κ1) is 18.2. The monoisotopic (exact) mass is 384 g/mol. The molecule has 0 bridgehead atoms. The highest BCUT2D eigenvalue weighted by atomic mass is 32.2. The molecule has 3 rings (SSSR count). The number of carbonyl (C=O) groups is 1. The zero-order valence-corrected chi connectivity index (χ0v) is 15.8. The molecule has 132 valence electrons. The second-order valence-corrected chi connectivity index (χ2v) is 6.96. The van der Waals surface area contributed by atoms with Crippen LogP contribution in [0, 0.1) is 0 Å². The molecule has 5 nitrogen and oxygen atoms in total. The van der Waals surface area contributed by atoms with Crippen molar-refractivity contribution in [3.05, 3.63) is 64.6 Å². The number of thioether (sulfide) groups is 1. The third-order valence-corrected chi connectivity index (χ3v) is 4.91. The Labute approximate surface area is 161 Å². The van der Waals surface area contributed by atoms with Gasteiger partial charge in [0.1, 0.15) is 11.5 Å². The molecule has 2 aromatic carbocycles. The second kappa shape index (κ2) is 8.16. The summed E-state index contributed by atoms with van der Waals surface area (Å²) in [5.74, 6) is 1.29. The summed E-state index contributed by atoms with van der Waals surface area (Å²) in [7, 11) is 3.22. The van der Waals surface area contributed by atoms with Gasteiger partial charge in [0.15, 0.2) is 4.32 Å². The van der Waals surface area contributed by atoms with Crippen LogP contribution < -0.4 is 9.47 Å². The van der Waals surface area contributed by atoms with Gasteiger partial charge in [-0.25, -0.2) is 0 Å². The minimum absolute atomic E-state index is 0.236. The predicted molar refractivity (Wildman–Crippen MR) is 109 cm³/mol. The highest BCUT2D eigenvalue weighted by Gasteiger charge is 2.31. The van der Waals surface area contributed by atoms with Crippen LogP contribution in [-0.2, 0) is 4.79 Å². The SMILES string of the molecule is COc1ccc(C=NN2C(=O)/C(=C\c3ccc(OC)cc3)SC2=S)cc1. The molecule has 0 aliphatic carbocycles. The summed E-state index contributed by atoms with van der Waals surface area (Å²) < 4.78 is 10.7. The topological polar surface area (TPSA) is 51.1 Å². The lowest BCUT2D eigenvalue weighted by atomic mass is 10.2. The lowest BCUT2D eigenvalue weighted by Gasteiger charge is -2.06. The fourth-order valence-electron chi connectivity index (χ4n) is 2.22. The second-order valence-electron chi connectivity index (χ2n) is 5.28. The number of ether oxygens (including phenoxy) is 2. The Morgan fingerprint density at radius 3 is 2.04 bits per heavy atom. The largest absolute Gasteiger partial charge is 0.497 e. The van der Waals surface area contributed by atoms with E-state index in [1.165, 1.54) is 16.8 Å². The molecule has 0 N–H and O–H groups in total. The van der Waals surface area contributed by atoms with Gasteiger partial charge in [-0.05, 0) is 65.8 Å². The Balaban J connectivity index is 1.75. The smallest absolute Gasteiger partial charge is 0.286 e. The lowest BCUT2D eigenvalue weighted by Crippen LogP contribution is -2.22. The van der Waals surface area contributed by atoms with Gasteiger partial charge in [-0.2, -0.15) is 10.1 Å². The molecule has 1 saturated heterocycles. The molecule has 26 heavy (non-hydrogen) atoms. The van der Waals surface area contributed by atoms with Crippen molar-refractivity contribution in [1.82, 2.24) is 5.01 Å². The fraction of sp³-hybridized carbons (Fsp3) is 0.105. The summed E-state index contributed by atoms with van der Waals surface area (Å²) in [6.07, 6.45) is 3.39. The number of benzene rings is 2. The highest BCUT2D eigenvalue weighted by Crippen LogP contribution is 2.33. The van der Waals surface area contributed by atoms with Gasteiger partial charge in [0, 0.05) is 0 Å². The first-order valence-corrected chi connectivity index (χ1v) is 8.93.